The number of benzene rings is 3. The van der Waals surface area contributed by atoms with Gasteiger partial charge in [-0.1, -0.05) is 29.8 Å². The van der Waals surface area contributed by atoms with E-state index in [1.165, 1.54) is 20.3 Å². The number of nitrogens with zero attached hydrogens (tertiary/aromatic N) is 2. The van der Waals surface area contributed by atoms with Crippen molar-refractivity contribution in [1.82, 2.24) is 0 Å². The summed E-state index contributed by atoms with van der Waals surface area (Å²) >= 11 is 6.25. The third kappa shape index (κ3) is 4.56. The third-order valence-electron chi connectivity index (χ3n) is 5.50. The topological polar surface area (TPSA) is 88.2 Å². The van der Waals surface area contributed by atoms with Crippen molar-refractivity contribution in [3.05, 3.63) is 89.1 Å². The Kier molecular flexibility index (Phi) is 6.75. The Hall–Kier alpha value is -4.30. The van der Waals surface area contributed by atoms with Crippen LogP contribution >= 0.6 is 11.6 Å². The van der Waals surface area contributed by atoms with Crippen LogP contribution in [0.4, 0.5) is 17.1 Å². The van der Waals surface area contributed by atoms with Crippen molar-refractivity contribution in [3.63, 3.8) is 0 Å². The standard InChI is InChI=1S/C26H22ClN3O5/c1-29(18-7-5-4-6-8-18)24(31)16-9-11-17(12-10-16)28-23-22(27)25(32)30(26(23)33)20-15-19(34-2)13-14-21(20)35-3/h4-15,28H,1-3H3. The van der Waals surface area contributed by atoms with Crippen LogP contribution in [0.3, 0.4) is 0 Å². The minimum atomic E-state index is -0.693. The molecule has 0 saturated carbocycles. The normalized spacial score (nSPS) is 13.2. The number of anilines is 3. The second kappa shape index (κ2) is 9.90. The Labute approximate surface area is 207 Å². The van der Waals surface area contributed by atoms with Gasteiger partial charge in [-0.05, 0) is 48.5 Å². The van der Waals surface area contributed by atoms with Gasteiger partial charge in [0.1, 0.15) is 22.2 Å². The first-order valence-corrected chi connectivity index (χ1v) is 10.9. The number of halogens is 1. The molecule has 3 amide bonds. The molecule has 0 spiro atoms. The van der Waals surface area contributed by atoms with Gasteiger partial charge in [0.05, 0.1) is 19.9 Å². The molecule has 3 aromatic carbocycles. The molecule has 0 fully saturated rings. The van der Waals surface area contributed by atoms with E-state index in [4.69, 9.17) is 21.1 Å². The lowest BCUT2D eigenvalue weighted by molar-refractivity contribution is -0.120. The summed E-state index contributed by atoms with van der Waals surface area (Å²) in [4.78, 5) is 41.3. The number of ether oxygens (including phenoxy) is 2. The van der Waals surface area contributed by atoms with Gasteiger partial charge in [-0.15, -0.1) is 0 Å². The predicted molar refractivity (Wildman–Crippen MR) is 134 cm³/mol. The minimum absolute atomic E-state index is 0.0815. The van der Waals surface area contributed by atoms with E-state index in [0.29, 0.717) is 22.7 Å². The first-order valence-electron chi connectivity index (χ1n) is 10.6. The molecule has 178 valence electrons. The zero-order valence-electron chi connectivity index (χ0n) is 19.2. The number of hydrogen-bond acceptors (Lipinski definition) is 6. The molecule has 0 atom stereocenters. The Bertz CT molecular complexity index is 1320. The summed E-state index contributed by atoms with van der Waals surface area (Å²) < 4.78 is 10.5. The molecule has 1 heterocycles. The summed E-state index contributed by atoms with van der Waals surface area (Å²) in [5.74, 6) is -0.774. The van der Waals surface area contributed by atoms with Gasteiger partial charge in [-0.25, -0.2) is 4.90 Å². The van der Waals surface area contributed by atoms with E-state index in [9.17, 15) is 14.4 Å². The first kappa shape index (κ1) is 23.8. The molecule has 0 aromatic heterocycles. The van der Waals surface area contributed by atoms with Crippen molar-refractivity contribution in [2.24, 2.45) is 0 Å². The molecule has 0 unspecified atom stereocenters. The molecule has 1 N–H and O–H groups in total. The molecule has 0 saturated heterocycles. The smallest absolute Gasteiger partial charge is 0.283 e. The summed E-state index contributed by atoms with van der Waals surface area (Å²) in [7, 11) is 4.60. The molecule has 8 nitrogen and oxygen atoms in total. The number of amides is 3. The molecule has 1 aliphatic rings. The highest BCUT2D eigenvalue weighted by Crippen LogP contribution is 2.38. The minimum Gasteiger partial charge on any atom is -0.497 e. The monoisotopic (exact) mass is 491 g/mol. The van der Waals surface area contributed by atoms with E-state index in [1.54, 1.807) is 48.3 Å². The van der Waals surface area contributed by atoms with E-state index in [1.807, 2.05) is 30.3 Å². The van der Waals surface area contributed by atoms with Gasteiger partial charge in [-0.3, -0.25) is 14.4 Å². The van der Waals surface area contributed by atoms with Crippen molar-refractivity contribution < 1.29 is 23.9 Å². The molecular weight excluding hydrogens is 470 g/mol. The molecule has 35 heavy (non-hydrogen) atoms. The number of methoxy groups -OCH3 is 2. The number of rotatable bonds is 7. The van der Waals surface area contributed by atoms with Crippen LogP contribution in [0.25, 0.3) is 0 Å². The first-order chi connectivity index (χ1) is 16.8. The maximum atomic E-state index is 13.2. The summed E-state index contributed by atoms with van der Waals surface area (Å²) in [6.45, 7) is 0. The van der Waals surface area contributed by atoms with Crippen LogP contribution in [-0.4, -0.2) is 39.0 Å². The van der Waals surface area contributed by atoms with Crippen LogP contribution in [0, 0.1) is 0 Å². The Morgan fingerprint density at radius 3 is 2.23 bits per heavy atom. The van der Waals surface area contributed by atoms with Gasteiger partial charge in [0.2, 0.25) is 0 Å². The molecule has 1 aliphatic heterocycles. The molecule has 3 aromatic rings. The van der Waals surface area contributed by atoms with Crippen LogP contribution in [0.2, 0.25) is 0 Å². The van der Waals surface area contributed by atoms with Gasteiger partial charge in [-0.2, -0.15) is 0 Å². The van der Waals surface area contributed by atoms with Crippen LogP contribution in [-0.2, 0) is 9.59 Å². The summed E-state index contributed by atoms with van der Waals surface area (Å²) in [6, 6.07) is 20.6. The average Bonchev–Trinajstić information content (AvgIpc) is 3.11. The number of nitrogens with one attached hydrogen (secondary N) is 1. The summed E-state index contributed by atoms with van der Waals surface area (Å²) in [6.07, 6.45) is 0. The summed E-state index contributed by atoms with van der Waals surface area (Å²) in [5, 5.41) is 2.64. The second-order valence-electron chi connectivity index (χ2n) is 7.57. The number of imide groups is 1. The fourth-order valence-corrected chi connectivity index (χ4v) is 3.82. The van der Waals surface area contributed by atoms with Crippen molar-refractivity contribution in [2.75, 3.05) is 36.4 Å². The highest BCUT2D eigenvalue weighted by atomic mass is 35.5. The van der Waals surface area contributed by atoms with Crippen molar-refractivity contribution in [2.45, 2.75) is 0 Å². The second-order valence-corrected chi connectivity index (χ2v) is 7.95. The fourth-order valence-electron chi connectivity index (χ4n) is 3.60. The van der Waals surface area contributed by atoms with E-state index in [2.05, 4.69) is 5.32 Å². The summed E-state index contributed by atoms with van der Waals surface area (Å²) in [5.41, 5.74) is 1.83. The number of carbonyl (C=O) groups excluding carboxylic acids is 3. The molecular formula is C26H22ClN3O5. The highest BCUT2D eigenvalue weighted by Gasteiger charge is 2.40. The predicted octanol–water partition coefficient (Wildman–Crippen LogP) is 4.42. The molecule has 4 rings (SSSR count). The Morgan fingerprint density at radius 2 is 1.60 bits per heavy atom. The van der Waals surface area contributed by atoms with Crippen LogP contribution in [0.1, 0.15) is 10.4 Å². The number of para-hydroxylation sites is 1. The lowest BCUT2D eigenvalue weighted by atomic mass is 10.1. The van der Waals surface area contributed by atoms with Crippen LogP contribution in [0.15, 0.2) is 83.5 Å². The van der Waals surface area contributed by atoms with E-state index < -0.39 is 11.8 Å². The lowest BCUT2D eigenvalue weighted by Gasteiger charge is -2.19. The molecule has 0 bridgehead atoms. The van der Waals surface area contributed by atoms with Crippen LogP contribution < -0.4 is 24.6 Å². The zero-order valence-corrected chi connectivity index (χ0v) is 20.0. The Morgan fingerprint density at radius 1 is 0.914 bits per heavy atom. The number of hydrogen-bond donors (Lipinski definition) is 1. The Balaban J connectivity index is 1.54. The molecule has 9 heteroatoms. The quantitative estimate of drug-likeness (QED) is 0.492. The SMILES string of the molecule is COc1ccc(OC)c(N2C(=O)C(Cl)=C(Nc3ccc(C(=O)N(C)c4ccccc4)cc3)C2=O)c1. The zero-order chi connectivity index (χ0) is 25.1. The van der Waals surface area contributed by atoms with Gasteiger partial charge in [0.25, 0.3) is 17.7 Å². The van der Waals surface area contributed by atoms with Gasteiger partial charge >= 0.3 is 0 Å². The molecule has 0 aliphatic carbocycles. The number of carbonyl (C=O) groups is 3. The van der Waals surface area contributed by atoms with E-state index >= 15 is 0 Å². The molecule has 0 radical (unpaired) electrons. The fraction of sp³-hybridized carbons (Fsp3) is 0.115. The van der Waals surface area contributed by atoms with Gasteiger partial charge in [0.15, 0.2) is 0 Å². The van der Waals surface area contributed by atoms with Crippen molar-refractivity contribution >= 4 is 46.4 Å². The van der Waals surface area contributed by atoms with E-state index in [0.717, 1.165) is 10.6 Å². The van der Waals surface area contributed by atoms with Gasteiger partial charge in [0, 0.05) is 30.1 Å². The third-order valence-corrected chi connectivity index (χ3v) is 5.85. The maximum Gasteiger partial charge on any atom is 0.283 e. The van der Waals surface area contributed by atoms with E-state index in [-0.39, 0.29) is 22.3 Å². The largest absolute Gasteiger partial charge is 0.497 e. The lowest BCUT2D eigenvalue weighted by Crippen LogP contribution is -2.32. The van der Waals surface area contributed by atoms with Gasteiger partial charge < -0.3 is 19.7 Å². The van der Waals surface area contributed by atoms with Crippen molar-refractivity contribution in [1.29, 1.82) is 0 Å². The maximum absolute atomic E-state index is 13.2. The highest BCUT2D eigenvalue weighted by molar-refractivity contribution is 6.53. The average molecular weight is 492 g/mol. The van der Waals surface area contributed by atoms with Crippen LogP contribution in [0.5, 0.6) is 11.5 Å². The van der Waals surface area contributed by atoms with Crippen molar-refractivity contribution in [3.8, 4) is 11.5 Å².